The predicted octanol–water partition coefficient (Wildman–Crippen LogP) is 6.51. The average molecular weight is 483 g/mol. The number of carbonyl (C=O) groups excluding carboxylic acids is 2. The van der Waals surface area contributed by atoms with Crippen LogP contribution >= 0.6 is 0 Å². The minimum atomic E-state index is -0.142. The molecular formula is C30H34N4O2. The van der Waals surface area contributed by atoms with Gasteiger partial charge in [-0.25, -0.2) is 4.98 Å². The number of anilines is 2. The topological polar surface area (TPSA) is 86.9 Å². The third-order valence-electron chi connectivity index (χ3n) is 9.41. The largest absolute Gasteiger partial charge is 0.338 e. The molecule has 0 unspecified atom stereocenters. The second-order valence-corrected chi connectivity index (χ2v) is 12.0. The molecule has 5 fully saturated rings. The predicted molar refractivity (Wildman–Crippen MR) is 141 cm³/mol. The number of aromatic amines is 1. The zero-order valence-corrected chi connectivity index (χ0v) is 20.7. The van der Waals surface area contributed by atoms with Gasteiger partial charge in [0.05, 0.1) is 16.4 Å². The number of benzene rings is 2. The first-order valence-electron chi connectivity index (χ1n) is 13.8. The second kappa shape index (κ2) is 8.46. The number of nitrogens with one attached hydrogen (secondary N) is 3. The normalized spacial score (nSPS) is 29.1. The smallest absolute Gasteiger partial charge is 0.230 e. The molecule has 8 rings (SSSR count). The van der Waals surface area contributed by atoms with Gasteiger partial charge in [0.15, 0.2) is 0 Å². The zero-order valence-electron chi connectivity index (χ0n) is 20.7. The van der Waals surface area contributed by atoms with Crippen LogP contribution in [0.3, 0.4) is 0 Å². The third kappa shape index (κ3) is 3.91. The Bertz CT molecular complexity index is 1280. The lowest BCUT2D eigenvalue weighted by Gasteiger charge is -2.55. The van der Waals surface area contributed by atoms with Crippen molar-refractivity contribution in [3.05, 3.63) is 42.5 Å². The van der Waals surface area contributed by atoms with Crippen molar-refractivity contribution in [1.82, 2.24) is 9.97 Å². The van der Waals surface area contributed by atoms with E-state index < -0.39 is 0 Å². The minimum Gasteiger partial charge on any atom is -0.338 e. The van der Waals surface area contributed by atoms with Crippen LogP contribution in [0.25, 0.3) is 22.4 Å². The van der Waals surface area contributed by atoms with Crippen LogP contribution in [0.15, 0.2) is 42.5 Å². The van der Waals surface area contributed by atoms with Gasteiger partial charge in [0, 0.05) is 22.9 Å². The van der Waals surface area contributed by atoms with Crippen molar-refractivity contribution >= 4 is 34.2 Å². The SMILES string of the molecule is O=C(Nc1ccc2nc(-c3ccc(NC(=O)C45CC6CC(CC(C6)C4)C5)cc3)[nH]c2c1)C1CCCC1. The molecule has 5 aliphatic rings. The van der Waals surface area contributed by atoms with Crippen LogP contribution in [0.1, 0.15) is 64.2 Å². The lowest BCUT2D eigenvalue weighted by molar-refractivity contribution is -0.140. The fraction of sp³-hybridized carbons (Fsp3) is 0.500. The van der Waals surface area contributed by atoms with Gasteiger partial charge in [-0.05, 0) is 112 Å². The van der Waals surface area contributed by atoms with Crippen molar-refractivity contribution in [3.8, 4) is 11.4 Å². The Labute approximate surface area is 211 Å². The first-order valence-corrected chi connectivity index (χ1v) is 13.8. The van der Waals surface area contributed by atoms with Gasteiger partial charge in [0.2, 0.25) is 11.8 Å². The number of aromatic nitrogens is 2. The summed E-state index contributed by atoms with van der Waals surface area (Å²) < 4.78 is 0. The molecule has 0 spiro atoms. The van der Waals surface area contributed by atoms with Gasteiger partial charge in [0.1, 0.15) is 5.82 Å². The molecule has 4 bridgehead atoms. The number of carbonyl (C=O) groups is 2. The van der Waals surface area contributed by atoms with Gasteiger partial charge in [-0.1, -0.05) is 12.8 Å². The quantitative estimate of drug-likeness (QED) is 0.387. The van der Waals surface area contributed by atoms with Gasteiger partial charge in [0.25, 0.3) is 0 Å². The van der Waals surface area contributed by atoms with Crippen LogP contribution in [0.5, 0.6) is 0 Å². The molecule has 1 heterocycles. The molecule has 186 valence electrons. The summed E-state index contributed by atoms with van der Waals surface area (Å²) >= 11 is 0. The number of hydrogen-bond donors (Lipinski definition) is 3. The molecule has 0 saturated heterocycles. The molecular weight excluding hydrogens is 448 g/mol. The Morgan fingerprint density at radius 3 is 2.14 bits per heavy atom. The highest BCUT2D eigenvalue weighted by Gasteiger charge is 2.54. The molecule has 1 aromatic heterocycles. The highest BCUT2D eigenvalue weighted by Crippen LogP contribution is 2.60. The fourth-order valence-corrected chi connectivity index (χ4v) is 8.02. The summed E-state index contributed by atoms with van der Waals surface area (Å²) in [7, 11) is 0. The van der Waals surface area contributed by atoms with E-state index in [1.165, 1.54) is 19.3 Å². The van der Waals surface area contributed by atoms with Gasteiger partial charge in [-0.15, -0.1) is 0 Å². The molecule has 2 amide bonds. The molecule has 5 aliphatic carbocycles. The summed E-state index contributed by atoms with van der Waals surface area (Å²) in [6.45, 7) is 0. The number of imidazole rings is 1. The molecule has 5 saturated carbocycles. The zero-order chi connectivity index (χ0) is 24.3. The average Bonchev–Trinajstić information content (AvgIpc) is 3.54. The van der Waals surface area contributed by atoms with E-state index in [0.29, 0.717) is 0 Å². The van der Waals surface area contributed by atoms with E-state index in [0.717, 1.165) is 96.5 Å². The van der Waals surface area contributed by atoms with Crippen LogP contribution in [0, 0.1) is 29.1 Å². The second-order valence-electron chi connectivity index (χ2n) is 12.0. The van der Waals surface area contributed by atoms with Gasteiger partial charge >= 0.3 is 0 Å². The fourth-order valence-electron chi connectivity index (χ4n) is 8.02. The summed E-state index contributed by atoms with van der Waals surface area (Å²) in [6.07, 6.45) is 11.5. The number of fused-ring (bicyclic) bond motifs is 1. The molecule has 3 aromatic rings. The standard InChI is InChI=1S/C30H34N4O2/c35-28(22-3-1-2-4-22)31-24-9-10-25-26(14-24)34-27(33-25)21-5-7-23(8-6-21)32-29(36)30-15-18-11-19(16-30)13-20(12-18)17-30/h5-10,14,18-20,22H,1-4,11-13,15-17H2,(H,31,35)(H,32,36)(H,33,34). The number of amides is 2. The number of nitrogens with zero attached hydrogens (tertiary/aromatic N) is 1. The Hall–Kier alpha value is -3.15. The van der Waals surface area contributed by atoms with Crippen LogP contribution in [-0.4, -0.2) is 21.8 Å². The minimum absolute atomic E-state index is 0.123. The lowest BCUT2D eigenvalue weighted by atomic mass is 9.49. The molecule has 0 radical (unpaired) electrons. The molecule has 2 aromatic carbocycles. The maximum absolute atomic E-state index is 13.4. The molecule has 6 heteroatoms. The first kappa shape index (κ1) is 22.1. The third-order valence-corrected chi connectivity index (χ3v) is 9.41. The van der Waals surface area contributed by atoms with Crippen LogP contribution in [-0.2, 0) is 9.59 Å². The summed E-state index contributed by atoms with van der Waals surface area (Å²) in [5.41, 5.74) is 4.24. The monoisotopic (exact) mass is 482 g/mol. The lowest BCUT2D eigenvalue weighted by Crippen LogP contribution is -2.51. The van der Waals surface area contributed by atoms with E-state index >= 15 is 0 Å². The first-order chi connectivity index (χ1) is 17.5. The highest BCUT2D eigenvalue weighted by atomic mass is 16.2. The van der Waals surface area contributed by atoms with Crippen LogP contribution in [0.4, 0.5) is 11.4 Å². The van der Waals surface area contributed by atoms with E-state index in [4.69, 9.17) is 4.98 Å². The van der Waals surface area contributed by atoms with Crippen molar-refractivity contribution in [1.29, 1.82) is 0 Å². The summed E-state index contributed by atoms with van der Waals surface area (Å²) in [6, 6.07) is 13.8. The van der Waals surface area contributed by atoms with Crippen molar-refractivity contribution in [2.75, 3.05) is 10.6 Å². The molecule has 0 aliphatic heterocycles. The van der Waals surface area contributed by atoms with Crippen molar-refractivity contribution in [2.24, 2.45) is 29.1 Å². The Morgan fingerprint density at radius 1 is 0.833 bits per heavy atom. The van der Waals surface area contributed by atoms with E-state index in [1.54, 1.807) is 0 Å². The summed E-state index contributed by atoms with van der Waals surface area (Å²) in [5, 5.41) is 6.31. The van der Waals surface area contributed by atoms with Gasteiger partial charge in [-0.3, -0.25) is 9.59 Å². The molecule has 3 N–H and O–H groups in total. The summed E-state index contributed by atoms with van der Waals surface area (Å²) in [4.78, 5) is 34.0. The maximum atomic E-state index is 13.4. The van der Waals surface area contributed by atoms with Crippen LogP contribution < -0.4 is 10.6 Å². The van der Waals surface area contributed by atoms with Crippen LogP contribution in [0.2, 0.25) is 0 Å². The number of rotatable bonds is 5. The van der Waals surface area contributed by atoms with E-state index in [9.17, 15) is 9.59 Å². The van der Waals surface area contributed by atoms with Crippen molar-refractivity contribution in [2.45, 2.75) is 64.2 Å². The van der Waals surface area contributed by atoms with Crippen molar-refractivity contribution < 1.29 is 9.59 Å². The Morgan fingerprint density at radius 2 is 1.47 bits per heavy atom. The molecule has 6 nitrogen and oxygen atoms in total. The molecule has 0 atom stereocenters. The van der Waals surface area contributed by atoms with Crippen molar-refractivity contribution in [3.63, 3.8) is 0 Å². The maximum Gasteiger partial charge on any atom is 0.230 e. The highest BCUT2D eigenvalue weighted by molar-refractivity contribution is 5.96. The molecule has 36 heavy (non-hydrogen) atoms. The number of H-pyrrole nitrogens is 1. The van der Waals surface area contributed by atoms with E-state index in [2.05, 4.69) is 15.6 Å². The van der Waals surface area contributed by atoms with Gasteiger partial charge in [-0.2, -0.15) is 0 Å². The van der Waals surface area contributed by atoms with E-state index in [1.807, 2.05) is 42.5 Å². The summed E-state index contributed by atoms with van der Waals surface area (Å²) in [5.74, 6) is 3.54. The number of hydrogen-bond acceptors (Lipinski definition) is 3. The van der Waals surface area contributed by atoms with Gasteiger partial charge < -0.3 is 15.6 Å². The Balaban J connectivity index is 1.05. The Kier molecular flexibility index (Phi) is 5.19. The van der Waals surface area contributed by atoms with E-state index in [-0.39, 0.29) is 23.1 Å².